The standard InChI is InChI=1S/C14H10Cl3FN2O2S/c1-8-2-4-10(5-3-8)23(21,22)20-19-14(17)13-11(15)6-9(18)7-12(13)16/h2-7,20H,1H3. The van der Waals surface area contributed by atoms with Crippen LogP contribution in [-0.2, 0) is 10.0 Å². The third kappa shape index (κ3) is 4.35. The number of hydrogen-bond donors (Lipinski definition) is 1. The predicted octanol–water partition coefficient (Wildman–Crippen LogP) is 4.32. The van der Waals surface area contributed by atoms with Crippen LogP contribution in [-0.4, -0.2) is 13.6 Å². The number of halogens is 4. The van der Waals surface area contributed by atoms with Crippen molar-refractivity contribution in [1.29, 1.82) is 0 Å². The van der Waals surface area contributed by atoms with Crippen molar-refractivity contribution >= 4 is 50.0 Å². The number of rotatable bonds is 4. The van der Waals surface area contributed by atoms with Gasteiger partial charge < -0.3 is 0 Å². The Kier molecular flexibility index (Phi) is 5.52. The number of nitrogens with zero attached hydrogens (tertiary/aromatic N) is 1. The molecule has 2 aromatic carbocycles. The fraction of sp³-hybridized carbons (Fsp3) is 0.0714. The van der Waals surface area contributed by atoms with Gasteiger partial charge in [0, 0.05) is 0 Å². The molecule has 0 amide bonds. The smallest absolute Gasteiger partial charge is 0.207 e. The molecule has 0 bridgehead atoms. The monoisotopic (exact) mass is 394 g/mol. The summed E-state index contributed by atoms with van der Waals surface area (Å²) in [4.78, 5) is 2.00. The third-order valence-electron chi connectivity index (χ3n) is 2.81. The lowest BCUT2D eigenvalue weighted by Gasteiger charge is -2.07. The van der Waals surface area contributed by atoms with Crippen molar-refractivity contribution in [2.24, 2.45) is 5.10 Å². The Labute approximate surface area is 147 Å². The molecule has 0 aliphatic rings. The third-order valence-corrected chi connectivity index (χ3v) is 4.90. The van der Waals surface area contributed by atoms with Crippen LogP contribution in [0.5, 0.6) is 0 Å². The second kappa shape index (κ2) is 7.05. The summed E-state index contributed by atoms with van der Waals surface area (Å²) in [6.45, 7) is 1.83. The molecule has 4 nitrogen and oxygen atoms in total. The summed E-state index contributed by atoms with van der Waals surface area (Å²) >= 11 is 17.6. The van der Waals surface area contributed by atoms with E-state index in [0.717, 1.165) is 17.7 Å². The van der Waals surface area contributed by atoms with Crippen LogP contribution >= 0.6 is 34.8 Å². The molecule has 0 saturated heterocycles. The van der Waals surface area contributed by atoms with Crippen LogP contribution in [0.1, 0.15) is 11.1 Å². The minimum atomic E-state index is -3.90. The highest BCUT2D eigenvalue weighted by atomic mass is 35.5. The lowest BCUT2D eigenvalue weighted by Crippen LogP contribution is -2.19. The topological polar surface area (TPSA) is 58.5 Å². The second-order valence-corrected chi connectivity index (χ2v) is 7.39. The van der Waals surface area contributed by atoms with Gasteiger partial charge in [0.05, 0.1) is 20.5 Å². The summed E-state index contributed by atoms with van der Waals surface area (Å²) in [6.07, 6.45) is 0. The van der Waals surface area contributed by atoms with Crippen LogP contribution in [0.4, 0.5) is 4.39 Å². The molecule has 0 heterocycles. The van der Waals surface area contributed by atoms with Gasteiger partial charge in [-0.25, -0.2) is 4.39 Å². The Morgan fingerprint density at radius 3 is 2.17 bits per heavy atom. The second-order valence-electron chi connectivity index (χ2n) is 4.55. The van der Waals surface area contributed by atoms with Crippen molar-refractivity contribution in [2.45, 2.75) is 11.8 Å². The molecule has 0 aromatic heterocycles. The molecule has 0 unspecified atom stereocenters. The van der Waals surface area contributed by atoms with E-state index < -0.39 is 15.8 Å². The van der Waals surface area contributed by atoms with Gasteiger partial charge in [0.1, 0.15) is 5.82 Å². The molecule has 0 atom stereocenters. The van der Waals surface area contributed by atoms with Gasteiger partial charge in [-0.05, 0) is 31.2 Å². The lowest BCUT2D eigenvalue weighted by molar-refractivity contribution is 0.584. The Morgan fingerprint density at radius 1 is 1.13 bits per heavy atom. The Balaban J connectivity index is 2.31. The van der Waals surface area contributed by atoms with Crippen LogP contribution in [0.15, 0.2) is 46.4 Å². The first-order valence-electron chi connectivity index (χ1n) is 6.17. The zero-order valence-corrected chi connectivity index (χ0v) is 14.7. The molecule has 0 radical (unpaired) electrons. The van der Waals surface area contributed by atoms with Crippen molar-refractivity contribution in [3.63, 3.8) is 0 Å². The molecule has 23 heavy (non-hydrogen) atoms. The first-order chi connectivity index (χ1) is 10.7. The Hall–Kier alpha value is -1.34. The highest BCUT2D eigenvalue weighted by Crippen LogP contribution is 2.28. The lowest BCUT2D eigenvalue weighted by atomic mass is 10.2. The van der Waals surface area contributed by atoms with Crippen molar-refractivity contribution < 1.29 is 12.8 Å². The van der Waals surface area contributed by atoms with Crippen LogP contribution < -0.4 is 4.83 Å². The maximum atomic E-state index is 13.1. The molecule has 0 aliphatic heterocycles. The summed E-state index contributed by atoms with van der Waals surface area (Å²) < 4.78 is 37.3. The maximum absolute atomic E-state index is 13.1. The summed E-state index contributed by atoms with van der Waals surface area (Å²) in [6, 6.07) is 8.14. The van der Waals surface area contributed by atoms with Crippen LogP contribution in [0.25, 0.3) is 0 Å². The van der Waals surface area contributed by atoms with Crippen molar-refractivity contribution in [3.8, 4) is 0 Å². The van der Waals surface area contributed by atoms with E-state index in [1.165, 1.54) is 12.1 Å². The van der Waals surface area contributed by atoms with E-state index in [1.54, 1.807) is 12.1 Å². The number of sulfonamides is 1. The fourth-order valence-electron chi connectivity index (χ4n) is 1.67. The molecular formula is C14H10Cl3FN2O2S. The molecule has 9 heteroatoms. The average molecular weight is 396 g/mol. The number of hydrogen-bond acceptors (Lipinski definition) is 3. The molecule has 2 rings (SSSR count). The number of aryl methyl sites for hydroxylation is 1. The van der Waals surface area contributed by atoms with E-state index >= 15 is 0 Å². The Bertz CT molecular complexity index is 845. The fourth-order valence-corrected chi connectivity index (χ4v) is 3.51. The highest BCUT2D eigenvalue weighted by Gasteiger charge is 2.16. The van der Waals surface area contributed by atoms with Gasteiger partial charge in [-0.3, -0.25) is 0 Å². The molecule has 0 spiro atoms. The molecule has 0 saturated carbocycles. The van der Waals surface area contributed by atoms with Crippen molar-refractivity contribution in [1.82, 2.24) is 4.83 Å². The van der Waals surface area contributed by atoms with E-state index in [4.69, 9.17) is 34.8 Å². The summed E-state index contributed by atoms with van der Waals surface area (Å²) in [5.74, 6) is -0.645. The van der Waals surface area contributed by atoms with Gasteiger partial charge in [0.15, 0.2) is 5.17 Å². The predicted molar refractivity (Wildman–Crippen MR) is 90.3 cm³/mol. The summed E-state index contributed by atoms with van der Waals surface area (Å²) in [7, 11) is -3.90. The normalized spacial score (nSPS) is 12.3. The number of benzene rings is 2. The summed E-state index contributed by atoms with van der Waals surface area (Å²) in [5, 5.41) is 3.09. The van der Waals surface area contributed by atoms with E-state index in [0.29, 0.717) is 0 Å². The van der Waals surface area contributed by atoms with Crippen LogP contribution in [0, 0.1) is 12.7 Å². The van der Waals surface area contributed by atoms with Crippen LogP contribution in [0.2, 0.25) is 10.0 Å². The molecule has 122 valence electrons. The first kappa shape index (κ1) is 18.0. The van der Waals surface area contributed by atoms with Crippen molar-refractivity contribution in [2.75, 3.05) is 0 Å². The molecule has 0 fully saturated rings. The first-order valence-corrected chi connectivity index (χ1v) is 8.79. The van der Waals surface area contributed by atoms with E-state index in [1.807, 2.05) is 11.8 Å². The molecule has 0 aliphatic carbocycles. The zero-order valence-electron chi connectivity index (χ0n) is 11.6. The van der Waals surface area contributed by atoms with Gasteiger partial charge in [-0.15, -0.1) is 0 Å². The van der Waals surface area contributed by atoms with Gasteiger partial charge in [0.2, 0.25) is 0 Å². The number of nitrogens with one attached hydrogen (secondary N) is 1. The SMILES string of the molecule is Cc1ccc(S(=O)(=O)NN=C(Cl)c2c(Cl)cc(F)cc2Cl)cc1. The van der Waals surface area contributed by atoms with E-state index in [9.17, 15) is 12.8 Å². The van der Waals surface area contributed by atoms with E-state index in [2.05, 4.69) is 5.10 Å². The minimum absolute atomic E-state index is 0.0209. The van der Waals surface area contributed by atoms with Gasteiger partial charge in [0.25, 0.3) is 10.0 Å². The largest absolute Gasteiger partial charge is 0.276 e. The van der Waals surface area contributed by atoms with Gasteiger partial charge in [-0.1, -0.05) is 52.5 Å². The molecule has 2 aromatic rings. The van der Waals surface area contributed by atoms with E-state index in [-0.39, 0.29) is 25.7 Å². The van der Waals surface area contributed by atoms with Gasteiger partial charge in [-0.2, -0.15) is 18.4 Å². The average Bonchev–Trinajstić information content (AvgIpc) is 2.44. The minimum Gasteiger partial charge on any atom is -0.207 e. The van der Waals surface area contributed by atoms with Gasteiger partial charge >= 0.3 is 0 Å². The zero-order chi connectivity index (χ0) is 17.2. The highest BCUT2D eigenvalue weighted by molar-refractivity contribution is 7.89. The van der Waals surface area contributed by atoms with Crippen LogP contribution in [0.3, 0.4) is 0 Å². The maximum Gasteiger partial charge on any atom is 0.276 e. The molecule has 1 N–H and O–H groups in total. The number of hydrazone groups is 1. The summed E-state index contributed by atoms with van der Waals surface area (Å²) in [5.41, 5.74) is 0.943. The Morgan fingerprint density at radius 2 is 1.65 bits per heavy atom. The van der Waals surface area contributed by atoms with Crippen molar-refractivity contribution in [3.05, 3.63) is 63.4 Å². The quantitative estimate of drug-likeness (QED) is 0.619. The molecular weight excluding hydrogens is 386 g/mol.